The van der Waals surface area contributed by atoms with Gasteiger partial charge in [-0.25, -0.2) is 4.79 Å². The van der Waals surface area contributed by atoms with Crippen LogP contribution in [0, 0.1) is 6.92 Å². The highest BCUT2D eigenvalue weighted by Gasteiger charge is 2.21. The Hall–Kier alpha value is -2.08. The quantitative estimate of drug-likeness (QED) is 0.376. The van der Waals surface area contributed by atoms with Gasteiger partial charge in [-0.3, -0.25) is 0 Å². The Morgan fingerprint density at radius 1 is 1.15 bits per heavy atom. The van der Waals surface area contributed by atoms with Crippen LogP contribution in [0.1, 0.15) is 32.6 Å². The summed E-state index contributed by atoms with van der Waals surface area (Å²) in [6, 6.07) is 11.4. The molecule has 0 radical (unpaired) electrons. The monoisotopic (exact) mass is 392 g/mol. The van der Waals surface area contributed by atoms with Gasteiger partial charge in [0.05, 0.1) is 19.8 Å². The van der Waals surface area contributed by atoms with Crippen molar-refractivity contribution in [1.29, 1.82) is 0 Å². The van der Waals surface area contributed by atoms with Crippen molar-refractivity contribution in [2.45, 2.75) is 26.6 Å². The lowest BCUT2D eigenvalue weighted by molar-refractivity contribution is 0.0384. The van der Waals surface area contributed by atoms with Gasteiger partial charge in [-0.15, -0.1) is 11.6 Å². The minimum Gasteiger partial charge on any atom is -0.507 e. The molecule has 27 heavy (non-hydrogen) atoms. The lowest BCUT2D eigenvalue weighted by Crippen LogP contribution is -2.14. The Morgan fingerprint density at radius 3 is 2.56 bits per heavy atom. The average molecular weight is 393 g/mol. The molecule has 0 heterocycles. The average Bonchev–Trinajstić information content (AvgIpc) is 2.66. The van der Waals surface area contributed by atoms with Gasteiger partial charge in [0.1, 0.15) is 17.9 Å². The van der Waals surface area contributed by atoms with Crippen LogP contribution in [0.15, 0.2) is 36.4 Å². The molecule has 2 aromatic carbocycles. The van der Waals surface area contributed by atoms with Crippen LogP contribution in [0.25, 0.3) is 0 Å². The molecule has 0 unspecified atom stereocenters. The van der Waals surface area contributed by atoms with E-state index in [0.29, 0.717) is 37.7 Å². The fourth-order valence-corrected chi connectivity index (χ4v) is 3.07. The van der Waals surface area contributed by atoms with E-state index in [-0.39, 0.29) is 17.9 Å². The highest BCUT2D eigenvalue weighted by molar-refractivity contribution is 6.18. The van der Waals surface area contributed by atoms with Crippen molar-refractivity contribution in [3.63, 3.8) is 0 Å². The highest BCUT2D eigenvalue weighted by Crippen LogP contribution is 2.30. The molecule has 1 N–H and O–H groups in total. The summed E-state index contributed by atoms with van der Waals surface area (Å²) in [7, 11) is 1.53. The smallest absolute Gasteiger partial charge is 0.342 e. The van der Waals surface area contributed by atoms with E-state index in [9.17, 15) is 9.90 Å². The predicted octanol–water partition coefficient (Wildman–Crippen LogP) is 4.00. The molecular formula is C21H25ClO5. The molecule has 0 atom stereocenters. The molecule has 0 saturated heterocycles. The van der Waals surface area contributed by atoms with Crippen LogP contribution in [0.4, 0.5) is 0 Å². The van der Waals surface area contributed by atoms with Crippen LogP contribution in [0.5, 0.6) is 5.75 Å². The molecular weight excluding hydrogens is 368 g/mol. The number of ether oxygens (including phenoxy) is 3. The maximum absolute atomic E-state index is 12.3. The Balaban J connectivity index is 2.18. The SMILES string of the molecule is COCCOC(=O)c1c(O)cc(COCc2ccccc2)c(CCCl)c1C. The normalized spacial score (nSPS) is 10.8. The van der Waals surface area contributed by atoms with Crippen molar-refractivity contribution in [1.82, 2.24) is 0 Å². The fraction of sp³-hybridized carbons (Fsp3) is 0.381. The zero-order valence-corrected chi connectivity index (χ0v) is 16.4. The molecule has 0 aliphatic heterocycles. The van der Waals surface area contributed by atoms with Crippen LogP contribution < -0.4 is 0 Å². The van der Waals surface area contributed by atoms with Crippen LogP contribution in [0.3, 0.4) is 0 Å². The van der Waals surface area contributed by atoms with Gasteiger partial charge < -0.3 is 19.3 Å². The largest absolute Gasteiger partial charge is 0.507 e. The minimum absolute atomic E-state index is 0.119. The van der Waals surface area contributed by atoms with Gasteiger partial charge in [-0.1, -0.05) is 30.3 Å². The number of carbonyl (C=O) groups is 1. The Labute approximate surface area is 164 Å². The third-order valence-corrected chi connectivity index (χ3v) is 4.41. The van der Waals surface area contributed by atoms with Crippen molar-refractivity contribution in [2.24, 2.45) is 0 Å². The van der Waals surface area contributed by atoms with E-state index in [1.165, 1.54) is 7.11 Å². The van der Waals surface area contributed by atoms with E-state index < -0.39 is 5.97 Å². The standard InChI is InChI=1S/C21H25ClO5/c1-15-18(8-9-22)17(14-26-13-16-6-4-3-5-7-16)12-19(23)20(15)21(24)27-11-10-25-2/h3-7,12,23H,8-11,13-14H2,1-2H3. The molecule has 0 fully saturated rings. The first-order valence-corrected chi connectivity index (χ1v) is 9.30. The molecule has 0 bridgehead atoms. The summed E-state index contributed by atoms with van der Waals surface area (Å²) >= 11 is 5.95. The number of phenolic OH excluding ortho intramolecular Hbond substituents is 1. The van der Waals surface area contributed by atoms with Crippen molar-refractivity contribution < 1.29 is 24.1 Å². The summed E-state index contributed by atoms with van der Waals surface area (Å²) in [5.41, 5.74) is 3.61. The molecule has 146 valence electrons. The number of esters is 1. The Bertz CT molecular complexity index is 746. The Kier molecular flexibility index (Phi) is 8.58. The summed E-state index contributed by atoms with van der Waals surface area (Å²) in [5.74, 6) is -0.295. The zero-order chi connectivity index (χ0) is 19.6. The van der Waals surface area contributed by atoms with E-state index in [1.807, 2.05) is 30.3 Å². The number of aromatic hydroxyl groups is 1. The predicted molar refractivity (Wildman–Crippen MR) is 104 cm³/mol. The molecule has 0 saturated carbocycles. The van der Waals surface area contributed by atoms with E-state index in [4.69, 9.17) is 25.8 Å². The lowest BCUT2D eigenvalue weighted by Gasteiger charge is -2.17. The first-order valence-electron chi connectivity index (χ1n) is 8.76. The first kappa shape index (κ1) is 21.2. The van der Waals surface area contributed by atoms with Crippen molar-refractivity contribution >= 4 is 17.6 Å². The summed E-state index contributed by atoms with van der Waals surface area (Å²) in [6.07, 6.45) is 0.566. The van der Waals surface area contributed by atoms with Gasteiger partial charge in [0.25, 0.3) is 0 Å². The van der Waals surface area contributed by atoms with E-state index in [1.54, 1.807) is 13.0 Å². The highest BCUT2D eigenvalue weighted by atomic mass is 35.5. The maximum atomic E-state index is 12.3. The molecule has 0 spiro atoms. The fourth-order valence-electron chi connectivity index (χ4n) is 2.88. The number of halogens is 1. The van der Waals surface area contributed by atoms with Gasteiger partial charge in [0.2, 0.25) is 0 Å². The molecule has 0 aromatic heterocycles. The number of hydrogen-bond acceptors (Lipinski definition) is 5. The number of alkyl halides is 1. The van der Waals surface area contributed by atoms with Crippen LogP contribution in [-0.4, -0.2) is 37.3 Å². The number of carbonyl (C=O) groups excluding carboxylic acids is 1. The van der Waals surface area contributed by atoms with Crippen molar-refractivity contribution in [3.05, 3.63) is 64.2 Å². The van der Waals surface area contributed by atoms with Crippen molar-refractivity contribution in [2.75, 3.05) is 26.2 Å². The summed E-state index contributed by atoms with van der Waals surface area (Å²) in [4.78, 5) is 12.3. The second kappa shape index (κ2) is 10.9. The van der Waals surface area contributed by atoms with E-state index in [2.05, 4.69) is 0 Å². The van der Waals surface area contributed by atoms with Gasteiger partial charge in [-0.05, 0) is 41.7 Å². The molecule has 0 aliphatic carbocycles. The number of methoxy groups -OCH3 is 1. The van der Waals surface area contributed by atoms with Crippen LogP contribution >= 0.6 is 11.6 Å². The molecule has 2 rings (SSSR count). The van der Waals surface area contributed by atoms with Crippen molar-refractivity contribution in [3.8, 4) is 5.75 Å². The number of hydrogen-bond donors (Lipinski definition) is 1. The second-order valence-corrected chi connectivity index (χ2v) is 6.46. The van der Waals surface area contributed by atoms with Gasteiger partial charge >= 0.3 is 5.97 Å². The third-order valence-electron chi connectivity index (χ3n) is 4.22. The summed E-state index contributed by atoms with van der Waals surface area (Å²) < 4.78 is 15.8. The molecule has 2 aromatic rings. The zero-order valence-electron chi connectivity index (χ0n) is 15.7. The van der Waals surface area contributed by atoms with Crippen LogP contribution in [0.2, 0.25) is 0 Å². The molecule has 0 amide bonds. The topological polar surface area (TPSA) is 65.0 Å². The number of benzene rings is 2. The van der Waals surface area contributed by atoms with Crippen LogP contribution in [-0.2, 0) is 33.8 Å². The maximum Gasteiger partial charge on any atom is 0.342 e. The van der Waals surface area contributed by atoms with Gasteiger partial charge in [-0.2, -0.15) is 0 Å². The van der Waals surface area contributed by atoms with E-state index >= 15 is 0 Å². The van der Waals surface area contributed by atoms with Gasteiger partial charge in [0.15, 0.2) is 0 Å². The second-order valence-electron chi connectivity index (χ2n) is 6.08. The lowest BCUT2D eigenvalue weighted by atomic mass is 9.94. The molecule has 6 heteroatoms. The minimum atomic E-state index is -0.574. The molecule has 0 aliphatic rings. The summed E-state index contributed by atoms with van der Waals surface area (Å²) in [6.45, 7) is 2.98. The molecule has 5 nitrogen and oxygen atoms in total. The third kappa shape index (κ3) is 5.96. The van der Waals surface area contributed by atoms with Gasteiger partial charge in [0, 0.05) is 13.0 Å². The number of phenols is 1. The first-order chi connectivity index (χ1) is 13.1. The van der Waals surface area contributed by atoms with E-state index in [0.717, 1.165) is 16.7 Å². The summed E-state index contributed by atoms with van der Waals surface area (Å²) in [5, 5.41) is 10.4. The number of rotatable bonds is 10. The Morgan fingerprint density at radius 2 is 1.89 bits per heavy atom.